The van der Waals surface area contributed by atoms with E-state index in [0.717, 1.165) is 36.9 Å². The highest BCUT2D eigenvalue weighted by Gasteiger charge is 2.37. The van der Waals surface area contributed by atoms with Crippen LogP contribution in [-0.4, -0.2) is 56.0 Å². The van der Waals surface area contributed by atoms with E-state index in [-0.39, 0.29) is 48.0 Å². The third kappa shape index (κ3) is 14.2. The molecule has 0 spiro atoms. The van der Waals surface area contributed by atoms with E-state index < -0.39 is 48.3 Å². The summed E-state index contributed by atoms with van der Waals surface area (Å²) in [5.41, 5.74) is -2.51. The summed E-state index contributed by atoms with van der Waals surface area (Å²) in [7, 11) is 1.42. The van der Waals surface area contributed by atoms with Crippen molar-refractivity contribution in [1.82, 2.24) is 20.2 Å². The summed E-state index contributed by atoms with van der Waals surface area (Å²) in [5.74, 6) is -0.176. The number of hydrogen-bond donors (Lipinski definition) is 2. The van der Waals surface area contributed by atoms with Gasteiger partial charge in [0.2, 0.25) is 0 Å². The monoisotopic (exact) mass is 764 g/mol. The van der Waals surface area contributed by atoms with E-state index in [1.54, 1.807) is 0 Å². The molecule has 0 aliphatic heterocycles. The minimum atomic E-state index is -5.07. The lowest BCUT2D eigenvalue weighted by molar-refractivity contribution is -0.274. The predicted octanol–water partition coefficient (Wildman–Crippen LogP) is 9.04. The Kier molecular flexibility index (Phi) is 15.1. The molecular weight excluding hydrogens is 727 g/mol. The normalized spacial score (nSPS) is 14.0. The third-order valence-electron chi connectivity index (χ3n) is 7.58. The number of hydrogen-bond acceptors (Lipinski definition) is 7. The lowest BCUT2D eigenvalue weighted by Gasteiger charge is -2.35. The quantitative estimate of drug-likeness (QED) is 0.185. The molecule has 0 atom stereocenters. The lowest BCUT2D eigenvalue weighted by Crippen LogP contribution is -2.35. The first kappa shape index (κ1) is 43.0. The Balaban J connectivity index is 0.00000171. The molecule has 10 nitrogen and oxygen atoms in total. The van der Waals surface area contributed by atoms with Crippen LogP contribution in [0.2, 0.25) is 0 Å². The van der Waals surface area contributed by atoms with Crippen molar-refractivity contribution >= 4 is 30.2 Å². The number of rotatable bonds is 11. The highest BCUT2D eigenvalue weighted by atomic mass is 35.5. The summed E-state index contributed by atoms with van der Waals surface area (Å²) in [6, 6.07) is 5.07. The summed E-state index contributed by atoms with van der Waals surface area (Å²) in [4.78, 5) is 12.9. The second kappa shape index (κ2) is 17.9. The van der Waals surface area contributed by atoms with E-state index in [1.165, 1.54) is 30.1 Å². The number of tetrazole rings is 1. The molecular formula is C31H38ClF9N6O4. The number of halogens is 10. The van der Waals surface area contributed by atoms with Gasteiger partial charge in [-0.05, 0) is 77.4 Å². The second-order valence-electron chi connectivity index (χ2n) is 12.3. The van der Waals surface area contributed by atoms with Crippen LogP contribution in [0.15, 0.2) is 36.4 Å². The Morgan fingerprint density at radius 1 is 0.902 bits per heavy atom. The van der Waals surface area contributed by atoms with Gasteiger partial charge in [-0.25, -0.2) is 4.79 Å². The molecule has 1 saturated carbocycles. The summed E-state index contributed by atoms with van der Waals surface area (Å²) >= 11 is 0. The second-order valence-corrected chi connectivity index (χ2v) is 12.3. The minimum Gasteiger partial charge on any atom is -0.450 e. The van der Waals surface area contributed by atoms with Crippen LogP contribution in [0.4, 0.5) is 55.9 Å². The van der Waals surface area contributed by atoms with E-state index in [2.05, 4.69) is 25.0 Å². The molecule has 4 rings (SSSR count). The number of anilines is 2. The number of carbonyl (C=O) groups is 1. The van der Waals surface area contributed by atoms with Crippen LogP contribution in [0.25, 0.3) is 0 Å². The summed E-state index contributed by atoms with van der Waals surface area (Å²) in [6.45, 7) is 4.33. The van der Waals surface area contributed by atoms with Gasteiger partial charge >= 0.3 is 24.9 Å². The van der Waals surface area contributed by atoms with Crippen LogP contribution in [0.3, 0.4) is 0 Å². The Bertz CT molecular complexity index is 1530. The largest absolute Gasteiger partial charge is 0.573 e. The molecule has 0 saturated heterocycles. The first-order valence-corrected chi connectivity index (χ1v) is 15.4. The van der Waals surface area contributed by atoms with Crippen LogP contribution in [0.1, 0.15) is 68.2 Å². The highest BCUT2D eigenvalue weighted by molar-refractivity contribution is 5.85. The maximum atomic E-state index is 13.6. The zero-order valence-corrected chi connectivity index (χ0v) is 28.5. The highest BCUT2D eigenvalue weighted by Crippen LogP contribution is 2.38. The van der Waals surface area contributed by atoms with Gasteiger partial charge in [-0.3, -0.25) is 0 Å². The summed E-state index contributed by atoms with van der Waals surface area (Å²) in [5, 5.41) is 25.7. The number of ether oxygens (including phenoxy) is 1. The van der Waals surface area contributed by atoms with E-state index in [9.17, 15) is 39.5 Å². The minimum absolute atomic E-state index is 0. The zero-order valence-electron chi connectivity index (χ0n) is 27.7. The maximum Gasteiger partial charge on any atom is 0.573 e. The smallest absolute Gasteiger partial charge is 0.450 e. The van der Waals surface area contributed by atoms with Gasteiger partial charge in [0.1, 0.15) is 5.75 Å². The third-order valence-corrected chi connectivity index (χ3v) is 7.58. The molecule has 1 aromatic heterocycles. The van der Waals surface area contributed by atoms with Gasteiger partial charge in [0.25, 0.3) is 5.95 Å². The van der Waals surface area contributed by atoms with Gasteiger partial charge < -0.3 is 24.7 Å². The summed E-state index contributed by atoms with van der Waals surface area (Å²) < 4.78 is 126. The van der Waals surface area contributed by atoms with Crippen molar-refractivity contribution in [2.24, 2.45) is 18.9 Å². The van der Waals surface area contributed by atoms with Crippen molar-refractivity contribution in [2.75, 3.05) is 22.9 Å². The van der Waals surface area contributed by atoms with E-state index in [1.807, 2.05) is 13.8 Å². The van der Waals surface area contributed by atoms with Crippen LogP contribution < -0.4 is 14.5 Å². The Morgan fingerprint density at radius 3 is 1.94 bits per heavy atom. The Labute approximate surface area is 293 Å². The van der Waals surface area contributed by atoms with E-state index in [4.69, 9.17) is 15.0 Å². The van der Waals surface area contributed by atoms with E-state index >= 15 is 0 Å². The molecule has 2 aromatic carbocycles. The van der Waals surface area contributed by atoms with Crippen molar-refractivity contribution in [3.63, 3.8) is 0 Å². The molecule has 0 unspecified atom stereocenters. The lowest BCUT2D eigenvalue weighted by atomic mass is 9.88. The SMILES string of the molecule is CC(C)CN(CC1CCCCC1)c1ccc(OC(F)(F)F)cc1CN(Cc1cc(C(F)(F)F)cc(C(F)(F)F)c1)c1nnn(C)n1.Cl.O=C(O)O. The van der Waals surface area contributed by atoms with Crippen LogP contribution in [0.5, 0.6) is 5.75 Å². The molecule has 0 bridgehead atoms. The van der Waals surface area contributed by atoms with Gasteiger partial charge in [0.05, 0.1) is 18.2 Å². The number of nitrogens with zero attached hydrogens (tertiary/aromatic N) is 6. The number of aryl methyl sites for hydroxylation is 1. The Hall–Kier alpha value is -4.16. The van der Waals surface area contributed by atoms with Gasteiger partial charge in [-0.2, -0.15) is 31.1 Å². The topological polar surface area (TPSA) is 117 Å². The average Bonchev–Trinajstić information content (AvgIpc) is 3.41. The van der Waals surface area contributed by atoms with Gasteiger partial charge in [0.15, 0.2) is 0 Å². The maximum absolute atomic E-state index is 13.6. The molecule has 0 radical (unpaired) electrons. The number of alkyl halides is 9. The van der Waals surface area contributed by atoms with Crippen LogP contribution in [-0.2, 0) is 32.5 Å². The molecule has 0 amide bonds. The van der Waals surface area contributed by atoms with Gasteiger partial charge in [0, 0.05) is 31.9 Å². The fourth-order valence-electron chi connectivity index (χ4n) is 5.72. The van der Waals surface area contributed by atoms with E-state index in [0.29, 0.717) is 36.8 Å². The standard InChI is InChI=1S/C30H35F9N6O.CH2O3.ClH/c1-19(2)15-44(16-20-7-5-4-6-8-20)26-10-9-25(46-30(37,38)39)13-22(26)18-45(27-40-42-43(3)41-27)17-21-11-23(28(31,32)33)14-24(12-21)29(34,35)36;2-1(3)4;/h9-14,19-20H,4-8,15-18H2,1-3H3;(H2,2,3,4);1H. The average molecular weight is 765 g/mol. The summed E-state index contributed by atoms with van der Waals surface area (Å²) in [6.07, 6.45) is -11.7. The van der Waals surface area contributed by atoms with Gasteiger partial charge in [-0.1, -0.05) is 38.2 Å². The molecule has 1 fully saturated rings. The molecule has 1 aliphatic carbocycles. The molecule has 51 heavy (non-hydrogen) atoms. The molecule has 3 aromatic rings. The fourth-order valence-corrected chi connectivity index (χ4v) is 5.72. The molecule has 286 valence electrons. The number of carboxylic acid groups (broad SMARTS) is 2. The van der Waals surface area contributed by atoms with Crippen molar-refractivity contribution in [2.45, 2.75) is 77.8 Å². The molecule has 1 heterocycles. The van der Waals surface area contributed by atoms with Crippen LogP contribution in [0, 0.1) is 11.8 Å². The molecule has 20 heteroatoms. The number of benzene rings is 2. The Morgan fingerprint density at radius 2 is 1.47 bits per heavy atom. The number of aromatic nitrogens is 4. The van der Waals surface area contributed by atoms with Crippen molar-refractivity contribution in [3.8, 4) is 5.75 Å². The first-order chi connectivity index (χ1) is 23.1. The molecule has 1 aliphatic rings. The van der Waals surface area contributed by atoms with Crippen LogP contribution >= 0.6 is 12.4 Å². The zero-order chi connectivity index (χ0) is 37.4. The molecule has 2 N–H and O–H groups in total. The first-order valence-electron chi connectivity index (χ1n) is 15.4. The predicted molar refractivity (Wildman–Crippen MR) is 170 cm³/mol. The van der Waals surface area contributed by atoms with Crippen molar-refractivity contribution < 1.29 is 59.3 Å². The fraction of sp³-hybridized carbons (Fsp3) is 0.548. The van der Waals surface area contributed by atoms with Crippen molar-refractivity contribution in [1.29, 1.82) is 0 Å². The van der Waals surface area contributed by atoms with Gasteiger partial charge in [-0.15, -0.1) is 30.7 Å². The van der Waals surface area contributed by atoms with Crippen molar-refractivity contribution in [3.05, 3.63) is 58.7 Å².